The highest BCUT2D eigenvalue weighted by atomic mass is 35.5. The molecular weight excluding hydrogens is 410 g/mol. The van der Waals surface area contributed by atoms with E-state index in [4.69, 9.17) is 14.2 Å². The van der Waals surface area contributed by atoms with Gasteiger partial charge in [0.25, 0.3) is 11.8 Å². The average molecular weight is 436 g/mol. The lowest BCUT2D eigenvalue weighted by Crippen LogP contribution is -2.48. The molecule has 30 heavy (non-hydrogen) atoms. The molecule has 3 rings (SSSR count). The van der Waals surface area contributed by atoms with Crippen LogP contribution in [0.5, 0.6) is 17.2 Å². The molecule has 0 bridgehead atoms. The lowest BCUT2D eigenvalue weighted by Gasteiger charge is -2.27. The number of hydrogen-bond donors (Lipinski definition) is 3. The molecule has 0 unspecified atom stereocenters. The first kappa shape index (κ1) is 23.3. The summed E-state index contributed by atoms with van der Waals surface area (Å²) in [5.41, 5.74) is 1.03. The van der Waals surface area contributed by atoms with Gasteiger partial charge < -0.3 is 30.2 Å². The van der Waals surface area contributed by atoms with E-state index in [0.29, 0.717) is 41.0 Å². The zero-order valence-corrected chi connectivity index (χ0v) is 17.7. The third-order valence-corrected chi connectivity index (χ3v) is 4.58. The van der Waals surface area contributed by atoms with Gasteiger partial charge in [-0.1, -0.05) is 12.1 Å². The summed E-state index contributed by atoms with van der Waals surface area (Å²) < 4.78 is 16.1. The number of amides is 2. The van der Waals surface area contributed by atoms with Crippen molar-refractivity contribution in [2.24, 2.45) is 5.92 Å². The van der Waals surface area contributed by atoms with Crippen molar-refractivity contribution in [1.29, 1.82) is 0 Å². The van der Waals surface area contributed by atoms with Crippen LogP contribution in [0.2, 0.25) is 0 Å². The molecule has 1 heterocycles. The van der Waals surface area contributed by atoms with Crippen LogP contribution in [0.25, 0.3) is 0 Å². The smallest absolute Gasteiger partial charge is 0.262 e. The number of hydrogen-bond acceptors (Lipinski definition) is 6. The number of rotatable bonds is 9. The van der Waals surface area contributed by atoms with Gasteiger partial charge in [-0.25, -0.2) is 0 Å². The molecule has 162 valence electrons. The minimum Gasteiger partial charge on any atom is -0.495 e. The molecular formula is C21H26ClN3O5. The largest absolute Gasteiger partial charge is 0.495 e. The second-order valence-corrected chi connectivity index (χ2v) is 6.64. The van der Waals surface area contributed by atoms with Crippen LogP contribution in [-0.4, -0.2) is 52.3 Å². The summed E-state index contributed by atoms with van der Waals surface area (Å²) in [5, 5.41) is 8.81. The van der Waals surface area contributed by atoms with Gasteiger partial charge in [0.15, 0.2) is 18.1 Å². The van der Waals surface area contributed by atoms with Gasteiger partial charge in [-0.3, -0.25) is 9.59 Å². The number of ether oxygens (including phenoxy) is 3. The molecule has 0 radical (unpaired) electrons. The van der Waals surface area contributed by atoms with Gasteiger partial charge >= 0.3 is 0 Å². The van der Waals surface area contributed by atoms with E-state index in [0.717, 1.165) is 13.1 Å². The van der Waals surface area contributed by atoms with Crippen LogP contribution in [0.3, 0.4) is 0 Å². The second-order valence-electron chi connectivity index (χ2n) is 6.64. The number of nitrogens with one attached hydrogen (secondary N) is 3. The molecule has 0 atom stereocenters. The lowest BCUT2D eigenvalue weighted by molar-refractivity contribution is -0.118. The summed E-state index contributed by atoms with van der Waals surface area (Å²) in [7, 11) is 3.02. The minimum atomic E-state index is -0.340. The molecule has 9 heteroatoms. The van der Waals surface area contributed by atoms with Gasteiger partial charge in [0, 0.05) is 31.1 Å². The molecule has 2 amide bonds. The van der Waals surface area contributed by atoms with Crippen LogP contribution < -0.4 is 30.2 Å². The Hall–Kier alpha value is -2.97. The summed E-state index contributed by atoms with van der Waals surface area (Å²) in [5.74, 6) is 1.29. The quantitative estimate of drug-likeness (QED) is 0.558. The molecule has 0 saturated carbocycles. The van der Waals surface area contributed by atoms with Crippen molar-refractivity contribution < 1.29 is 23.8 Å². The Kier molecular flexibility index (Phi) is 8.76. The molecule has 2 aromatic carbocycles. The summed E-state index contributed by atoms with van der Waals surface area (Å²) in [6.07, 6.45) is 0. The zero-order chi connectivity index (χ0) is 20.6. The van der Waals surface area contributed by atoms with Crippen molar-refractivity contribution in [2.75, 3.05) is 45.8 Å². The Labute approximate surface area is 181 Å². The maximum absolute atomic E-state index is 12.3. The van der Waals surface area contributed by atoms with Crippen molar-refractivity contribution in [3.8, 4) is 17.2 Å². The van der Waals surface area contributed by atoms with Gasteiger partial charge in [-0.15, -0.1) is 12.4 Å². The summed E-state index contributed by atoms with van der Waals surface area (Å²) in [6, 6.07) is 12.0. The Balaban J connectivity index is 0.00000320. The molecule has 8 nitrogen and oxygen atoms in total. The van der Waals surface area contributed by atoms with E-state index < -0.39 is 0 Å². The molecule has 0 spiro atoms. The number of benzene rings is 2. The number of methoxy groups -OCH3 is 2. The summed E-state index contributed by atoms with van der Waals surface area (Å²) in [6.45, 7) is 2.27. The van der Waals surface area contributed by atoms with E-state index >= 15 is 0 Å². The predicted molar refractivity (Wildman–Crippen MR) is 116 cm³/mol. The SMILES string of the molecule is COc1ccccc1NC(=O)COc1ccc(C(=O)NCC2CNC2)cc1OC.Cl. The first-order valence-electron chi connectivity index (χ1n) is 9.33. The third-order valence-electron chi connectivity index (χ3n) is 4.58. The van der Waals surface area contributed by atoms with Crippen LogP contribution >= 0.6 is 12.4 Å². The maximum Gasteiger partial charge on any atom is 0.262 e. The summed E-state index contributed by atoms with van der Waals surface area (Å²) in [4.78, 5) is 24.5. The normalized spacial score (nSPS) is 12.7. The van der Waals surface area contributed by atoms with Gasteiger partial charge in [0.2, 0.25) is 0 Å². The topological polar surface area (TPSA) is 97.9 Å². The van der Waals surface area contributed by atoms with Crippen molar-refractivity contribution in [1.82, 2.24) is 10.6 Å². The highest BCUT2D eigenvalue weighted by molar-refractivity contribution is 5.95. The third kappa shape index (κ3) is 6.01. The number of para-hydroxylation sites is 2. The van der Waals surface area contributed by atoms with E-state index in [2.05, 4.69) is 16.0 Å². The number of carbonyl (C=O) groups is 2. The fourth-order valence-corrected chi connectivity index (χ4v) is 2.84. The standard InChI is InChI=1S/C21H25N3O5.ClH/c1-27-17-6-4-3-5-16(17)24-20(25)13-29-18-8-7-15(9-19(18)28-2)21(26)23-12-14-10-22-11-14;/h3-9,14,22H,10-13H2,1-2H3,(H,23,26)(H,24,25);1H. The van der Waals surface area contributed by atoms with E-state index in [9.17, 15) is 9.59 Å². The Bertz CT molecular complexity index is 873. The number of anilines is 1. The molecule has 2 aromatic rings. The summed E-state index contributed by atoms with van der Waals surface area (Å²) >= 11 is 0. The fourth-order valence-electron chi connectivity index (χ4n) is 2.84. The van der Waals surface area contributed by atoms with E-state index in [1.54, 1.807) is 36.4 Å². The molecule has 0 aliphatic carbocycles. The van der Waals surface area contributed by atoms with Crippen LogP contribution in [-0.2, 0) is 4.79 Å². The molecule has 1 saturated heterocycles. The highest BCUT2D eigenvalue weighted by Gasteiger charge is 2.18. The monoisotopic (exact) mass is 435 g/mol. The van der Waals surface area contributed by atoms with Crippen molar-refractivity contribution in [2.45, 2.75) is 0 Å². The molecule has 1 fully saturated rings. The Morgan fingerprint density at radius 3 is 2.43 bits per heavy atom. The lowest BCUT2D eigenvalue weighted by atomic mass is 10.0. The van der Waals surface area contributed by atoms with Crippen LogP contribution in [0.15, 0.2) is 42.5 Å². The van der Waals surface area contributed by atoms with Crippen molar-refractivity contribution in [3.63, 3.8) is 0 Å². The molecule has 1 aliphatic rings. The van der Waals surface area contributed by atoms with Crippen LogP contribution in [0.1, 0.15) is 10.4 Å². The van der Waals surface area contributed by atoms with E-state index in [-0.39, 0.29) is 30.8 Å². The minimum absolute atomic E-state index is 0. The van der Waals surface area contributed by atoms with E-state index in [1.807, 2.05) is 6.07 Å². The van der Waals surface area contributed by atoms with Gasteiger partial charge in [0.1, 0.15) is 5.75 Å². The van der Waals surface area contributed by atoms with Crippen LogP contribution in [0.4, 0.5) is 5.69 Å². The van der Waals surface area contributed by atoms with Gasteiger partial charge in [-0.2, -0.15) is 0 Å². The fraction of sp³-hybridized carbons (Fsp3) is 0.333. The van der Waals surface area contributed by atoms with Gasteiger partial charge in [-0.05, 0) is 30.3 Å². The zero-order valence-electron chi connectivity index (χ0n) is 16.9. The van der Waals surface area contributed by atoms with Crippen LogP contribution in [0, 0.1) is 5.92 Å². The number of carbonyl (C=O) groups excluding carboxylic acids is 2. The number of halogens is 1. The Morgan fingerprint density at radius 1 is 1.03 bits per heavy atom. The predicted octanol–water partition coefficient (Wildman–Crippen LogP) is 2.09. The first-order valence-corrected chi connectivity index (χ1v) is 9.33. The van der Waals surface area contributed by atoms with Crippen molar-refractivity contribution >= 4 is 29.9 Å². The Morgan fingerprint density at radius 2 is 1.77 bits per heavy atom. The van der Waals surface area contributed by atoms with Gasteiger partial charge in [0.05, 0.1) is 19.9 Å². The average Bonchev–Trinajstić information content (AvgIpc) is 2.71. The highest BCUT2D eigenvalue weighted by Crippen LogP contribution is 2.28. The van der Waals surface area contributed by atoms with E-state index in [1.165, 1.54) is 14.2 Å². The molecule has 1 aliphatic heterocycles. The second kappa shape index (κ2) is 11.3. The first-order chi connectivity index (χ1) is 14.1. The molecule has 3 N–H and O–H groups in total. The van der Waals surface area contributed by atoms with Crippen molar-refractivity contribution in [3.05, 3.63) is 48.0 Å². The molecule has 0 aromatic heterocycles. The maximum atomic E-state index is 12.3.